The first kappa shape index (κ1) is 19.6. The summed E-state index contributed by atoms with van der Waals surface area (Å²) in [5.74, 6) is 0.783. The second kappa shape index (κ2) is 7.85. The van der Waals surface area contributed by atoms with Gasteiger partial charge in [0.2, 0.25) is 0 Å². The molecular weight excluding hydrogens is 394 g/mol. The van der Waals surface area contributed by atoms with E-state index in [1.54, 1.807) is 12.1 Å². The maximum absolute atomic E-state index is 12.8. The van der Waals surface area contributed by atoms with Crippen LogP contribution in [0.3, 0.4) is 0 Å². The van der Waals surface area contributed by atoms with Crippen LogP contribution in [0.5, 0.6) is 17.2 Å². The Kier molecular flexibility index (Phi) is 5.51. The molecule has 0 atom stereocenters. The highest BCUT2D eigenvalue weighted by Crippen LogP contribution is 2.37. The molecule has 0 fully saturated rings. The van der Waals surface area contributed by atoms with E-state index in [1.807, 2.05) is 24.0 Å². The largest absolute Gasteiger partial charge is 0.494 e. The van der Waals surface area contributed by atoms with Crippen LogP contribution >= 0.6 is 11.6 Å². The molecular formula is C19H15ClF2N2O4. The number of hydrogen-bond acceptors (Lipinski definition) is 4. The zero-order valence-corrected chi connectivity index (χ0v) is 15.6. The predicted molar refractivity (Wildman–Crippen MR) is 100 cm³/mol. The van der Waals surface area contributed by atoms with E-state index >= 15 is 0 Å². The zero-order valence-electron chi connectivity index (χ0n) is 14.8. The molecule has 3 aromatic rings. The van der Waals surface area contributed by atoms with Gasteiger partial charge >= 0.3 is 5.69 Å². The topological polar surface area (TPSA) is 73.3 Å². The van der Waals surface area contributed by atoms with Gasteiger partial charge in [0.15, 0.2) is 0 Å². The van der Waals surface area contributed by atoms with Crippen LogP contribution in [0, 0.1) is 6.92 Å². The van der Waals surface area contributed by atoms with E-state index in [0.29, 0.717) is 16.4 Å². The average Bonchev–Trinajstić information content (AvgIpc) is 2.64. The van der Waals surface area contributed by atoms with Crippen molar-refractivity contribution in [1.82, 2.24) is 9.55 Å². The highest BCUT2D eigenvalue weighted by Gasteiger charge is 2.19. The molecule has 6 nitrogen and oxygen atoms in total. The maximum atomic E-state index is 12.8. The van der Waals surface area contributed by atoms with E-state index in [1.165, 1.54) is 19.2 Å². The molecule has 0 bridgehead atoms. The summed E-state index contributed by atoms with van der Waals surface area (Å²) in [7, 11) is 1.32. The lowest BCUT2D eigenvalue weighted by atomic mass is 10.2. The molecule has 0 saturated carbocycles. The lowest BCUT2D eigenvalue weighted by molar-refractivity contribution is 0.145. The number of benzene rings is 2. The van der Waals surface area contributed by atoms with Crippen molar-refractivity contribution in [1.29, 1.82) is 0 Å². The first-order chi connectivity index (χ1) is 13.3. The number of alkyl halides is 2. The number of hydrogen-bond donors (Lipinski definition) is 1. The molecule has 146 valence electrons. The van der Waals surface area contributed by atoms with E-state index in [9.17, 15) is 18.4 Å². The average molecular weight is 409 g/mol. The number of ether oxygens (including phenoxy) is 2. The van der Waals surface area contributed by atoms with Crippen LogP contribution in [0.15, 0.2) is 52.1 Å². The fourth-order valence-electron chi connectivity index (χ4n) is 2.59. The van der Waals surface area contributed by atoms with Crippen LogP contribution in [0.1, 0.15) is 17.7 Å². The molecule has 1 aromatic heterocycles. The highest BCUT2D eigenvalue weighted by molar-refractivity contribution is 6.32. The third-order valence-corrected chi connectivity index (χ3v) is 4.27. The van der Waals surface area contributed by atoms with Crippen molar-refractivity contribution >= 4 is 11.6 Å². The van der Waals surface area contributed by atoms with Crippen molar-refractivity contribution in [3.05, 3.63) is 79.6 Å². The van der Waals surface area contributed by atoms with E-state index in [0.717, 1.165) is 5.56 Å². The molecule has 0 amide bonds. The predicted octanol–water partition coefficient (Wildman–Crippen LogP) is 4.23. The van der Waals surface area contributed by atoms with Crippen LogP contribution in [0.4, 0.5) is 8.78 Å². The Hall–Kier alpha value is -3.13. The number of halogens is 3. The summed E-state index contributed by atoms with van der Waals surface area (Å²) in [6, 6.07) is 10.6. The first-order valence-electron chi connectivity index (χ1n) is 8.07. The van der Waals surface area contributed by atoms with Gasteiger partial charge in [0.25, 0.3) is 12.0 Å². The van der Waals surface area contributed by atoms with Crippen molar-refractivity contribution in [2.45, 2.75) is 13.3 Å². The van der Waals surface area contributed by atoms with Crippen molar-refractivity contribution in [3.8, 4) is 22.9 Å². The van der Waals surface area contributed by atoms with E-state index in [2.05, 4.69) is 0 Å². The van der Waals surface area contributed by atoms with E-state index in [-0.39, 0.29) is 22.2 Å². The smallest absolute Gasteiger partial charge is 0.333 e. The summed E-state index contributed by atoms with van der Waals surface area (Å²) >= 11 is 6.24. The Morgan fingerprint density at radius 1 is 1.07 bits per heavy atom. The summed E-state index contributed by atoms with van der Waals surface area (Å²) in [5.41, 5.74) is -1.91. The minimum Gasteiger partial charge on any atom is -0.494 e. The summed E-state index contributed by atoms with van der Waals surface area (Å²) in [5, 5.41) is 0.178. The van der Waals surface area contributed by atoms with E-state index < -0.39 is 23.4 Å². The molecule has 0 spiro atoms. The van der Waals surface area contributed by atoms with Crippen LogP contribution in [-0.2, 0) is 0 Å². The van der Waals surface area contributed by atoms with Crippen molar-refractivity contribution in [2.24, 2.45) is 0 Å². The number of methoxy groups -OCH3 is 1. The number of para-hydroxylation sites is 1. The molecule has 0 aliphatic heterocycles. The number of rotatable bonds is 5. The zero-order chi connectivity index (χ0) is 20.4. The first-order valence-corrected chi connectivity index (χ1v) is 8.45. The summed E-state index contributed by atoms with van der Waals surface area (Å²) in [6.07, 6.45) is -2.98. The van der Waals surface area contributed by atoms with Crippen molar-refractivity contribution in [3.63, 3.8) is 0 Å². The lowest BCUT2D eigenvalue weighted by Gasteiger charge is -2.15. The Labute approximate surface area is 162 Å². The molecule has 1 N–H and O–H groups in total. The molecule has 0 aliphatic rings. The SMILES string of the molecule is COc1cc(Cl)c(Oc2ccccc2C)cc1-n1c(=O)cc(C(F)F)[nH]c1=O. The number of aryl methyl sites for hydroxylation is 1. The van der Waals surface area contributed by atoms with Crippen LogP contribution < -0.4 is 20.7 Å². The molecule has 0 saturated heterocycles. The van der Waals surface area contributed by atoms with E-state index in [4.69, 9.17) is 21.1 Å². The minimum atomic E-state index is -2.98. The maximum Gasteiger partial charge on any atom is 0.333 e. The number of nitrogens with one attached hydrogen (secondary N) is 1. The Morgan fingerprint density at radius 2 is 1.79 bits per heavy atom. The van der Waals surface area contributed by atoms with Gasteiger partial charge in [-0.15, -0.1) is 0 Å². The number of nitrogens with zero attached hydrogens (tertiary/aromatic N) is 1. The summed E-state index contributed by atoms with van der Waals surface area (Å²) in [6.45, 7) is 1.84. The van der Waals surface area contributed by atoms with Gasteiger partial charge in [-0.05, 0) is 18.6 Å². The molecule has 2 aromatic carbocycles. The van der Waals surface area contributed by atoms with Gasteiger partial charge in [0.05, 0.1) is 23.5 Å². The number of aromatic nitrogens is 2. The standard InChI is InChI=1S/C19H15ClF2N2O4/c1-10-5-3-4-6-14(10)28-15-9-13(16(27-2)7-11(15)20)24-17(25)8-12(18(21)22)23-19(24)26/h3-9,18H,1-2H3,(H,23,26). The molecule has 0 aliphatic carbocycles. The number of H-pyrrole nitrogens is 1. The monoisotopic (exact) mass is 408 g/mol. The Bertz CT molecular complexity index is 1110. The second-order valence-corrected chi connectivity index (χ2v) is 6.23. The summed E-state index contributed by atoms with van der Waals surface area (Å²) in [4.78, 5) is 26.6. The third kappa shape index (κ3) is 3.77. The van der Waals surface area contributed by atoms with Crippen molar-refractivity contribution < 1.29 is 18.3 Å². The van der Waals surface area contributed by atoms with Gasteiger partial charge in [-0.3, -0.25) is 4.79 Å². The van der Waals surface area contributed by atoms with Gasteiger partial charge in [-0.2, -0.15) is 0 Å². The quantitative estimate of drug-likeness (QED) is 0.685. The van der Waals surface area contributed by atoms with Gasteiger partial charge in [0.1, 0.15) is 17.2 Å². The molecule has 28 heavy (non-hydrogen) atoms. The van der Waals surface area contributed by atoms with Crippen LogP contribution in [-0.4, -0.2) is 16.7 Å². The Morgan fingerprint density at radius 3 is 2.39 bits per heavy atom. The fourth-order valence-corrected chi connectivity index (χ4v) is 2.78. The third-order valence-electron chi connectivity index (χ3n) is 3.98. The molecule has 9 heteroatoms. The minimum absolute atomic E-state index is 0.00236. The lowest BCUT2D eigenvalue weighted by Crippen LogP contribution is -2.34. The fraction of sp³-hybridized carbons (Fsp3) is 0.158. The molecule has 1 heterocycles. The van der Waals surface area contributed by atoms with Gasteiger partial charge in [0, 0.05) is 18.2 Å². The molecule has 0 unspecified atom stereocenters. The van der Waals surface area contributed by atoms with Crippen molar-refractivity contribution in [2.75, 3.05) is 7.11 Å². The van der Waals surface area contributed by atoms with Crippen LogP contribution in [0.25, 0.3) is 5.69 Å². The molecule has 3 rings (SSSR count). The van der Waals surface area contributed by atoms with Crippen LogP contribution in [0.2, 0.25) is 5.02 Å². The van der Waals surface area contributed by atoms with Gasteiger partial charge in [-0.1, -0.05) is 29.8 Å². The summed E-state index contributed by atoms with van der Waals surface area (Å²) < 4.78 is 37.3. The molecule has 0 radical (unpaired) electrons. The van der Waals surface area contributed by atoms with Gasteiger partial charge < -0.3 is 14.5 Å². The normalized spacial score (nSPS) is 10.9. The number of aromatic amines is 1. The van der Waals surface area contributed by atoms with Gasteiger partial charge in [-0.25, -0.2) is 18.1 Å². The Balaban J connectivity index is 2.18. The second-order valence-electron chi connectivity index (χ2n) is 5.83. The highest BCUT2D eigenvalue weighted by atomic mass is 35.5.